The summed E-state index contributed by atoms with van der Waals surface area (Å²) in [4.78, 5) is 6.02. The number of pyridine rings is 1. The minimum atomic E-state index is -0.355. The maximum Gasteiger partial charge on any atom is 0.141 e. The lowest BCUT2D eigenvalue weighted by atomic mass is 10.2. The Morgan fingerprint density at radius 3 is 2.89 bits per heavy atom. The standard InChI is InChI=1S/C14H22FN3O/c1-4-5-18(6-7-19)14-12(9-16-11(2)3)8-13(15)10-17-14/h4,8,10-11,16,19H,1,5-7,9H2,2-3H3. The number of halogens is 1. The first-order valence-corrected chi connectivity index (χ1v) is 6.43. The molecule has 4 nitrogen and oxygen atoms in total. The minimum absolute atomic E-state index is 0.0178. The van der Waals surface area contributed by atoms with Crippen LogP contribution < -0.4 is 10.2 Å². The first kappa shape index (κ1) is 15.6. The third-order valence-electron chi connectivity index (χ3n) is 2.63. The van der Waals surface area contributed by atoms with E-state index in [2.05, 4.69) is 16.9 Å². The number of aliphatic hydroxyl groups excluding tert-OH is 1. The molecule has 1 aromatic heterocycles. The highest BCUT2D eigenvalue weighted by Gasteiger charge is 2.12. The van der Waals surface area contributed by atoms with Crippen molar-refractivity contribution in [3.63, 3.8) is 0 Å². The fourth-order valence-corrected chi connectivity index (χ4v) is 1.76. The summed E-state index contributed by atoms with van der Waals surface area (Å²) in [7, 11) is 0. The molecule has 0 aliphatic heterocycles. The second kappa shape index (κ2) is 7.86. The highest BCUT2D eigenvalue weighted by molar-refractivity contribution is 5.47. The van der Waals surface area contributed by atoms with Crippen LogP contribution in [0.25, 0.3) is 0 Å². The van der Waals surface area contributed by atoms with Gasteiger partial charge in [-0.25, -0.2) is 9.37 Å². The maximum atomic E-state index is 13.3. The largest absolute Gasteiger partial charge is 0.395 e. The summed E-state index contributed by atoms with van der Waals surface area (Å²) in [6.07, 6.45) is 2.93. The lowest BCUT2D eigenvalue weighted by molar-refractivity contribution is 0.302. The van der Waals surface area contributed by atoms with Crippen LogP contribution in [0.15, 0.2) is 24.9 Å². The van der Waals surface area contributed by atoms with Crippen LogP contribution in [0.4, 0.5) is 10.2 Å². The van der Waals surface area contributed by atoms with Gasteiger partial charge in [0.25, 0.3) is 0 Å². The van der Waals surface area contributed by atoms with Crippen molar-refractivity contribution in [2.45, 2.75) is 26.4 Å². The van der Waals surface area contributed by atoms with Crippen LogP contribution in [0.3, 0.4) is 0 Å². The van der Waals surface area contributed by atoms with Gasteiger partial charge in [0, 0.05) is 31.2 Å². The van der Waals surface area contributed by atoms with Crippen LogP contribution in [0.1, 0.15) is 19.4 Å². The first-order chi connectivity index (χ1) is 9.08. The van der Waals surface area contributed by atoms with Crippen molar-refractivity contribution in [1.29, 1.82) is 0 Å². The number of aliphatic hydroxyl groups is 1. The van der Waals surface area contributed by atoms with E-state index in [0.29, 0.717) is 31.5 Å². The lowest BCUT2D eigenvalue weighted by Gasteiger charge is -2.24. The van der Waals surface area contributed by atoms with Gasteiger partial charge in [0.15, 0.2) is 0 Å². The van der Waals surface area contributed by atoms with Crippen LogP contribution in [0, 0.1) is 5.82 Å². The van der Waals surface area contributed by atoms with Gasteiger partial charge in [0.05, 0.1) is 12.8 Å². The number of hydrogen-bond acceptors (Lipinski definition) is 4. The zero-order valence-electron chi connectivity index (χ0n) is 11.6. The summed E-state index contributed by atoms with van der Waals surface area (Å²) in [6.45, 7) is 9.31. The topological polar surface area (TPSA) is 48.4 Å². The smallest absolute Gasteiger partial charge is 0.141 e. The molecule has 0 aliphatic rings. The van der Waals surface area contributed by atoms with E-state index in [1.807, 2.05) is 18.7 Å². The molecule has 0 fully saturated rings. The van der Waals surface area contributed by atoms with Gasteiger partial charge in [-0.2, -0.15) is 0 Å². The van der Waals surface area contributed by atoms with Crippen molar-refractivity contribution < 1.29 is 9.50 Å². The molecule has 0 unspecified atom stereocenters. The molecule has 1 heterocycles. The van der Waals surface area contributed by atoms with Crippen molar-refractivity contribution in [1.82, 2.24) is 10.3 Å². The van der Waals surface area contributed by atoms with Crippen LogP contribution in [-0.4, -0.2) is 35.8 Å². The highest BCUT2D eigenvalue weighted by Crippen LogP contribution is 2.18. The molecule has 0 amide bonds. The summed E-state index contributed by atoms with van der Waals surface area (Å²) in [5, 5.41) is 12.3. The summed E-state index contributed by atoms with van der Waals surface area (Å²) in [5.41, 5.74) is 0.781. The molecule has 0 atom stereocenters. The molecule has 0 spiro atoms. The van der Waals surface area contributed by atoms with Gasteiger partial charge in [0.2, 0.25) is 0 Å². The Balaban J connectivity index is 2.98. The predicted octanol–water partition coefficient (Wildman–Crippen LogP) is 1.70. The molecule has 1 aromatic rings. The van der Waals surface area contributed by atoms with Gasteiger partial charge < -0.3 is 15.3 Å². The van der Waals surface area contributed by atoms with Gasteiger partial charge >= 0.3 is 0 Å². The van der Waals surface area contributed by atoms with E-state index in [4.69, 9.17) is 5.11 Å². The van der Waals surface area contributed by atoms with E-state index in [1.54, 1.807) is 6.08 Å². The molecule has 2 N–H and O–H groups in total. The van der Waals surface area contributed by atoms with Crippen molar-refractivity contribution >= 4 is 5.82 Å². The molecular weight excluding hydrogens is 245 g/mol. The third kappa shape index (κ3) is 4.96. The molecule has 0 aliphatic carbocycles. The lowest BCUT2D eigenvalue weighted by Crippen LogP contribution is -2.30. The summed E-state index contributed by atoms with van der Waals surface area (Å²) >= 11 is 0. The molecule has 0 saturated carbocycles. The highest BCUT2D eigenvalue weighted by atomic mass is 19.1. The van der Waals surface area contributed by atoms with Gasteiger partial charge in [-0.05, 0) is 6.07 Å². The van der Waals surface area contributed by atoms with Crippen LogP contribution in [-0.2, 0) is 6.54 Å². The van der Waals surface area contributed by atoms with Crippen molar-refractivity contribution in [2.75, 3.05) is 24.6 Å². The van der Waals surface area contributed by atoms with Gasteiger partial charge in [-0.3, -0.25) is 0 Å². The molecule has 0 aromatic carbocycles. The number of nitrogens with one attached hydrogen (secondary N) is 1. The van der Waals surface area contributed by atoms with Crippen LogP contribution in [0.2, 0.25) is 0 Å². The van der Waals surface area contributed by atoms with Gasteiger partial charge in [0.1, 0.15) is 11.6 Å². The Morgan fingerprint density at radius 1 is 1.58 bits per heavy atom. The summed E-state index contributed by atoms with van der Waals surface area (Å²) in [5.74, 6) is 0.329. The average molecular weight is 267 g/mol. The van der Waals surface area contributed by atoms with Gasteiger partial charge in [-0.15, -0.1) is 6.58 Å². The first-order valence-electron chi connectivity index (χ1n) is 6.43. The Kier molecular flexibility index (Phi) is 6.45. The minimum Gasteiger partial charge on any atom is -0.395 e. The van der Waals surface area contributed by atoms with Crippen LogP contribution in [0.5, 0.6) is 0 Å². The molecule has 106 valence electrons. The number of rotatable bonds is 8. The summed E-state index contributed by atoms with van der Waals surface area (Å²) in [6, 6.07) is 1.78. The molecule has 5 heteroatoms. The second-order valence-corrected chi connectivity index (χ2v) is 4.63. The predicted molar refractivity (Wildman–Crippen MR) is 75.7 cm³/mol. The zero-order valence-corrected chi connectivity index (χ0v) is 11.6. The van der Waals surface area contributed by atoms with E-state index in [0.717, 1.165) is 5.56 Å². The Morgan fingerprint density at radius 2 is 2.32 bits per heavy atom. The molecule has 0 saturated heterocycles. The average Bonchev–Trinajstić information content (AvgIpc) is 2.36. The van der Waals surface area contributed by atoms with Crippen molar-refractivity contribution in [2.24, 2.45) is 0 Å². The number of hydrogen-bond donors (Lipinski definition) is 2. The van der Waals surface area contributed by atoms with Crippen molar-refractivity contribution in [3.8, 4) is 0 Å². The van der Waals surface area contributed by atoms with E-state index in [1.165, 1.54) is 12.3 Å². The molecule has 19 heavy (non-hydrogen) atoms. The maximum absolute atomic E-state index is 13.3. The molecule has 0 radical (unpaired) electrons. The molecular formula is C14H22FN3O. The zero-order chi connectivity index (χ0) is 14.3. The number of nitrogens with zero attached hydrogens (tertiary/aromatic N) is 2. The Labute approximate surface area is 114 Å². The quantitative estimate of drug-likeness (QED) is 0.704. The Hall–Kier alpha value is -1.46. The van der Waals surface area contributed by atoms with E-state index in [-0.39, 0.29) is 12.4 Å². The molecule has 0 bridgehead atoms. The monoisotopic (exact) mass is 267 g/mol. The summed E-state index contributed by atoms with van der Waals surface area (Å²) < 4.78 is 13.3. The van der Waals surface area contributed by atoms with Gasteiger partial charge in [-0.1, -0.05) is 19.9 Å². The third-order valence-corrected chi connectivity index (χ3v) is 2.63. The normalized spacial score (nSPS) is 10.8. The molecule has 1 rings (SSSR count). The van der Waals surface area contributed by atoms with Crippen LogP contribution >= 0.6 is 0 Å². The fourth-order valence-electron chi connectivity index (χ4n) is 1.76. The number of aromatic nitrogens is 1. The SMILES string of the molecule is C=CCN(CCO)c1ncc(F)cc1CNC(C)C. The second-order valence-electron chi connectivity index (χ2n) is 4.63. The number of anilines is 1. The van der Waals surface area contributed by atoms with E-state index < -0.39 is 0 Å². The van der Waals surface area contributed by atoms with E-state index in [9.17, 15) is 4.39 Å². The van der Waals surface area contributed by atoms with Crippen molar-refractivity contribution in [3.05, 3.63) is 36.3 Å². The van der Waals surface area contributed by atoms with E-state index >= 15 is 0 Å². The Bertz CT molecular complexity index is 410. The fraction of sp³-hybridized carbons (Fsp3) is 0.500.